The van der Waals surface area contributed by atoms with E-state index in [9.17, 15) is 13.2 Å². The molecule has 0 saturated heterocycles. The van der Waals surface area contributed by atoms with Crippen LogP contribution in [0.2, 0.25) is 0 Å². The third kappa shape index (κ3) is 4.27. The summed E-state index contributed by atoms with van der Waals surface area (Å²) in [5.41, 5.74) is 1.22. The first-order valence-corrected chi connectivity index (χ1v) is 10.7. The number of alkyl halides is 3. The van der Waals surface area contributed by atoms with Crippen LogP contribution < -0.4 is 0 Å². The molecule has 4 rings (SSSR count). The summed E-state index contributed by atoms with van der Waals surface area (Å²) in [5, 5.41) is 0. The van der Waals surface area contributed by atoms with Crippen LogP contribution in [-0.2, 0) is 0 Å². The first-order valence-electron chi connectivity index (χ1n) is 10.7. The Bertz CT molecular complexity index is 464. The minimum Gasteiger partial charge on any atom is -0.244 e. The highest BCUT2D eigenvalue weighted by molar-refractivity contribution is 5.14. The SMILES string of the molecule is FC1CC(C2=CCC(C3CCC(CC4CC4)CC3)CC2)CC(F)C1F. The van der Waals surface area contributed by atoms with Gasteiger partial charge in [-0.15, -0.1) is 0 Å². The molecule has 3 saturated carbocycles. The van der Waals surface area contributed by atoms with Gasteiger partial charge < -0.3 is 0 Å². The largest absolute Gasteiger partial charge is 0.244 e. The van der Waals surface area contributed by atoms with Crippen LogP contribution in [0.4, 0.5) is 13.2 Å². The summed E-state index contributed by atoms with van der Waals surface area (Å²) < 4.78 is 40.7. The quantitative estimate of drug-likeness (QED) is 0.490. The summed E-state index contributed by atoms with van der Waals surface area (Å²) in [6.07, 6.45) is 10.8. The zero-order valence-corrected chi connectivity index (χ0v) is 15.3. The van der Waals surface area contributed by atoms with Crippen molar-refractivity contribution in [2.45, 2.75) is 95.6 Å². The number of halogens is 3. The lowest BCUT2D eigenvalue weighted by molar-refractivity contribution is 0.0243. The molecule has 0 aromatic rings. The maximum atomic E-state index is 13.7. The predicted molar refractivity (Wildman–Crippen MR) is 95.6 cm³/mol. The van der Waals surface area contributed by atoms with Crippen LogP contribution >= 0.6 is 0 Å². The highest BCUT2D eigenvalue weighted by atomic mass is 19.2. The van der Waals surface area contributed by atoms with Gasteiger partial charge in [0.25, 0.3) is 0 Å². The van der Waals surface area contributed by atoms with Crippen LogP contribution in [0, 0.1) is 29.6 Å². The van der Waals surface area contributed by atoms with Gasteiger partial charge in [-0.3, -0.25) is 0 Å². The van der Waals surface area contributed by atoms with Crippen LogP contribution in [0.3, 0.4) is 0 Å². The Labute approximate surface area is 150 Å². The Morgan fingerprint density at radius 1 is 0.760 bits per heavy atom. The molecule has 142 valence electrons. The van der Waals surface area contributed by atoms with Crippen molar-refractivity contribution in [1.82, 2.24) is 0 Å². The van der Waals surface area contributed by atoms with Crippen molar-refractivity contribution >= 4 is 0 Å². The van der Waals surface area contributed by atoms with Crippen LogP contribution in [0.1, 0.15) is 77.0 Å². The van der Waals surface area contributed by atoms with Gasteiger partial charge in [-0.05, 0) is 81.0 Å². The van der Waals surface area contributed by atoms with E-state index in [4.69, 9.17) is 0 Å². The summed E-state index contributed by atoms with van der Waals surface area (Å²) in [7, 11) is 0. The monoisotopic (exact) mass is 354 g/mol. The molecule has 0 radical (unpaired) electrons. The fourth-order valence-electron chi connectivity index (χ4n) is 5.82. The van der Waals surface area contributed by atoms with Gasteiger partial charge in [0.05, 0.1) is 0 Å². The van der Waals surface area contributed by atoms with Crippen molar-refractivity contribution in [3.05, 3.63) is 11.6 Å². The van der Waals surface area contributed by atoms with Crippen molar-refractivity contribution in [2.75, 3.05) is 0 Å². The lowest BCUT2D eigenvalue weighted by Crippen LogP contribution is -2.38. The van der Waals surface area contributed by atoms with E-state index in [0.717, 1.165) is 36.5 Å². The highest BCUT2D eigenvalue weighted by Gasteiger charge is 2.40. The van der Waals surface area contributed by atoms with E-state index in [1.165, 1.54) is 56.9 Å². The molecule has 3 atom stereocenters. The standard InChI is InChI=1S/C22H33F3/c23-20-12-19(13-21(24)22(20)25)18-9-7-17(8-10-18)16-5-3-15(4-6-16)11-14-1-2-14/h9,14-17,19-22H,1-8,10-13H2. The summed E-state index contributed by atoms with van der Waals surface area (Å²) in [6.45, 7) is 0. The molecule has 3 heteroatoms. The Kier molecular flexibility index (Phi) is 5.48. The fourth-order valence-corrected chi connectivity index (χ4v) is 5.82. The summed E-state index contributed by atoms with van der Waals surface area (Å²) in [6, 6.07) is 0. The normalized spacial score (nSPS) is 45.9. The number of hydrogen-bond donors (Lipinski definition) is 0. The molecule has 0 aromatic carbocycles. The molecule has 0 heterocycles. The van der Waals surface area contributed by atoms with Gasteiger partial charge in [0.1, 0.15) is 12.3 Å². The fraction of sp³-hybridized carbons (Fsp3) is 0.909. The van der Waals surface area contributed by atoms with Crippen molar-refractivity contribution in [2.24, 2.45) is 29.6 Å². The second-order valence-corrected chi connectivity index (χ2v) is 9.42. The van der Waals surface area contributed by atoms with E-state index in [1.807, 2.05) is 0 Å². The van der Waals surface area contributed by atoms with Gasteiger partial charge in [-0.2, -0.15) is 0 Å². The maximum Gasteiger partial charge on any atom is 0.162 e. The molecule has 3 fully saturated rings. The summed E-state index contributed by atoms with van der Waals surface area (Å²) in [5.74, 6) is 3.60. The summed E-state index contributed by atoms with van der Waals surface area (Å²) in [4.78, 5) is 0. The topological polar surface area (TPSA) is 0 Å². The molecule has 0 bridgehead atoms. The van der Waals surface area contributed by atoms with Gasteiger partial charge in [-0.25, -0.2) is 13.2 Å². The zero-order chi connectivity index (χ0) is 17.4. The van der Waals surface area contributed by atoms with Crippen molar-refractivity contribution < 1.29 is 13.2 Å². The molecule has 0 aromatic heterocycles. The molecule has 25 heavy (non-hydrogen) atoms. The molecule has 0 spiro atoms. The third-order valence-electron chi connectivity index (χ3n) is 7.64. The zero-order valence-electron chi connectivity index (χ0n) is 15.3. The van der Waals surface area contributed by atoms with E-state index in [2.05, 4.69) is 6.08 Å². The minimum absolute atomic E-state index is 0.0628. The van der Waals surface area contributed by atoms with Gasteiger partial charge in [-0.1, -0.05) is 37.3 Å². The average molecular weight is 354 g/mol. The smallest absolute Gasteiger partial charge is 0.162 e. The minimum atomic E-state index is -1.90. The second-order valence-electron chi connectivity index (χ2n) is 9.42. The van der Waals surface area contributed by atoms with E-state index >= 15 is 0 Å². The molecular weight excluding hydrogens is 321 g/mol. The molecule has 3 unspecified atom stereocenters. The third-order valence-corrected chi connectivity index (χ3v) is 7.64. The van der Waals surface area contributed by atoms with Crippen molar-refractivity contribution in [3.63, 3.8) is 0 Å². The Hall–Kier alpha value is -0.470. The lowest BCUT2D eigenvalue weighted by atomic mass is 9.68. The van der Waals surface area contributed by atoms with Crippen LogP contribution in [-0.4, -0.2) is 18.5 Å². The summed E-state index contributed by atoms with van der Waals surface area (Å²) >= 11 is 0. The second kappa shape index (κ2) is 7.64. The molecule has 0 N–H and O–H groups in total. The lowest BCUT2D eigenvalue weighted by Gasteiger charge is -2.38. The predicted octanol–water partition coefficient (Wildman–Crippen LogP) is 6.74. The molecule has 0 nitrogen and oxygen atoms in total. The van der Waals surface area contributed by atoms with Crippen molar-refractivity contribution in [1.29, 1.82) is 0 Å². The van der Waals surface area contributed by atoms with Crippen LogP contribution in [0.5, 0.6) is 0 Å². The van der Waals surface area contributed by atoms with Gasteiger partial charge in [0, 0.05) is 0 Å². The van der Waals surface area contributed by atoms with E-state index in [0.29, 0.717) is 0 Å². The first kappa shape index (κ1) is 17.9. The van der Waals surface area contributed by atoms with Crippen LogP contribution in [0.15, 0.2) is 11.6 Å². The van der Waals surface area contributed by atoms with Crippen LogP contribution in [0.25, 0.3) is 0 Å². The van der Waals surface area contributed by atoms with Gasteiger partial charge in [0.2, 0.25) is 0 Å². The Morgan fingerprint density at radius 2 is 1.36 bits per heavy atom. The maximum absolute atomic E-state index is 13.7. The number of allylic oxidation sites excluding steroid dienone is 2. The molecule has 0 amide bonds. The molecule has 4 aliphatic carbocycles. The number of rotatable bonds is 4. The highest BCUT2D eigenvalue weighted by Crippen LogP contribution is 2.46. The average Bonchev–Trinajstić information content (AvgIpc) is 3.44. The number of hydrogen-bond acceptors (Lipinski definition) is 0. The molecule has 4 aliphatic rings. The molecule has 0 aliphatic heterocycles. The Morgan fingerprint density at radius 3 is 1.88 bits per heavy atom. The van der Waals surface area contributed by atoms with Gasteiger partial charge >= 0.3 is 0 Å². The van der Waals surface area contributed by atoms with Crippen molar-refractivity contribution in [3.8, 4) is 0 Å². The first-order chi connectivity index (χ1) is 12.1. The van der Waals surface area contributed by atoms with E-state index in [-0.39, 0.29) is 18.8 Å². The van der Waals surface area contributed by atoms with E-state index in [1.54, 1.807) is 0 Å². The Balaban J connectivity index is 1.26. The van der Waals surface area contributed by atoms with E-state index < -0.39 is 18.5 Å². The van der Waals surface area contributed by atoms with Gasteiger partial charge in [0.15, 0.2) is 6.17 Å². The molecular formula is C22H33F3.